The Morgan fingerprint density at radius 2 is 1.73 bits per heavy atom. The maximum Gasteiger partial charge on any atom is 0.337 e. The van der Waals surface area contributed by atoms with Gasteiger partial charge in [0.25, 0.3) is 0 Å². The molecule has 0 spiro atoms. The number of carbonyl (C=O) groups is 1. The van der Waals surface area contributed by atoms with Crippen molar-refractivity contribution < 1.29 is 14.3 Å². The Morgan fingerprint density at radius 1 is 0.973 bits per heavy atom. The van der Waals surface area contributed by atoms with Crippen LogP contribution in [-0.4, -0.2) is 67.9 Å². The van der Waals surface area contributed by atoms with E-state index in [1.165, 1.54) is 23.8 Å². The summed E-state index contributed by atoms with van der Waals surface area (Å²) in [6.45, 7) is 6.95. The molecular weight excluding hydrogens is 480 g/mol. The van der Waals surface area contributed by atoms with E-state index in [9.17, 15) is 4.79 Å². The van der Waals surface area contributed by atoms with Crippen LogP contribution in [0, 0.1) is 0 Å². The molecule has 6 heteroatoms. The topological polar surface area (TPSA) is 42.0 Å². The highest BCUT2D eigenvalue weighted by Gasteiger charge is 2.27. The molecule has 5 nitrogen and oxygen atoms in total. The van der Waals surface area contributed by atoms with Crippen LogP contribution in [-0.2, 0) is 11.3 Å². The minimum atomic E-state index is -0.319. The summed E-state index contributed by atoms with van der Waals surface area (Å²) in [5.41, 5.74) is 5.33. The minimum absolute atomic E-state index is 0.114. The van der Waals surface area contributed by atoms with Gasteiger partial charge < -0.3 is 9.47 Å². The fraction of sp³-hybridized carbons (Fsp3) is 0.323. The number of fused-ring (bicyclic) bond motifs is 2. The normalized spacial score (nSPS) is 18.0. The first-order valence-corrected chi connectivity index (χ1v) is 14.0. The maximum atomic E-state index is 12.2. The van der Waals surface area contributed by atoms with Gasteiger partial charge in [0.15, 0.2) is 0 Å². The van der Waals surface area contributed by atoms with Crippen molar-refractivity contribution in [2.24, 2.45) is 0 Å². The molecule has 2 aliphatic rings. The third-order valence-electron chi connectivity index (χ3n) is 7.06. The Hall–Kier alpha value is -3.06. The molecule has 3 aromatic carbocycles. The number of carbonyl (C=O) groups excluding carboxylic acids is 1. The second kappa shape index (κ2) is 12.5. The Bertz CT molecular complexity index is 1220. The zero-order chi connectivity index (χ0) is 25.5. The van der Waals surface area contributed by atoms with Crippen LogP contribution in [0.15, 0.2) is 78.9 Å². The Labute approximate surface area is 224 Å². The molecule has 0 radical (unpaired) electrons. The zero-order valence-corrected chi connectivity index (χ0v) is 22.2. The molecule has 1 atom stereocenters. The van der Waals surface area contributed by atoms with Crippen molar-refractivity contribution in [3.63, 3.8) is 0 Å². The number of ether oxygens (including phenoxy) is 2. The number of hydrogen-bond acceptors (Lipinski definition) is 6. The lowest BCUT2D eigenvalue weighted by atomic mass is 9.98. The lowest BCUT2D eigenvalue weighted by Crippen LogP contribution is -2.46. The van der Waals surface area contributed by atoms with E-state index in [1.54, 1.807) is 6.07 Å². The van der Waals surface area contributed by atoms with Gasteiger partial charge in [-0.25, -0.2) is 4.79 Å². The van der Waals surface area contributed by atoms with Crippen LogP contribution in [0.25, 0.3) is 6.08 Å². The van der Waals surface area contributed by atoms with Gasteiger partial charge in [-0.1, -0.05) is 66.7 Å². The van der Waals surface area contributed by atoms with Crippen molar-refractivity contribution >= 4 is 23.8 Å². The fourth-order valence-corrected chi connectivity index (χ4v) is 6.32. The molecule has 1 unspecified atom stereocenters. The van der Waals surface area contributed by atoms with Gasteiger partial charge in [-0.05, 0) is 34.9 Å². The molecule has 1 saturated heterocycles. The molecule has 1 fully saturated rings. The molecule has 0 saturated carbocycles. The van der Waals surface area contributed by atoms with Crippen LogP contribution in [0.1, 0.15) is 37.9 Å². The number of esters is 1. The van der Waals surface area contributed by atoms with Crippen molar-refractivity contribution in [1.82, 2.24) is 9.80 Å². The molecule has 0 N–H and O–H groups in total. The molecule has 2 heterocycles. The molecule has 37 heavy (non-hydrogen) atoms. The second-order valence-electron chi connectivity index (χ2n) is 9.44. The van der Waals surface area contributed by atoms with Crippen molar-refractivity contribution in [1.29, 1.82) is 0 Å². The van der Waals surface area contributed by atoms with E-state index in [2.05, 4.69) is 76.5 Å². The van der Waals surface area contributed by atoms with Crippen LogP contribution in [0.3, 0.4) is 0 Å². The third-order valence-corrected chi connectivity index (χ3v) is 8.32. The smallest absolute Gasteiger partial charge is 0.337 e. The van der Waals surface area contributed by atoms with Crippen molar-refractivity contribution in [2.45, 2.75) is 11.9 Å². The molecular formula is C31H34N2O3S. The lowest BCUT2D eigenvalue weighted by molar-refractivity contribution is 0.0600. The molecule has 0 amide bonds. The summed E-state index contributed by atoms with van der Waals surface area (Å²) in [6.07, 6.45) is 4.48. The van der Waals surface area contributed by atoms with Gasteiger partial charge >= 0.3 is 5.97 Å². The van der Waals surface area contributed by atoms with Gasteiger partial charge in [0.1, 0.15) is 12.4 Å². The van der Waals surface area contributed by atoms with E-state index < -0.39 is 0 Å². The predicted molar refractivity (Wildman–Crippen MR) is 151 cm³/mol. The number of thioether (sulfide) groups is 1. The van der Waals surface area contributed by atoms with E-state index in [-0.39, 0.29) is 11.2 Å². The largest absolute Gasteiger partial charge is 0.489 e. The number of nitrogens with zero attached hydrogens (tertiary/aromatic N) is 2. The summed E-state index contributed by atoms with van der Waals surface area (Å²) in [7, 11) is 1.42. The summed E-state index contributed by atoms with van der Waals surface area (Å²) in [6, 6.07) is 24.6. The van der Waals surface area contributed by atoms with E-state index in [4.69, 9.17) is 9.47 Å². The van der Waals surface area contributed by atoms with Crippen molar-refractivity contribution in [3.8, 4) is 5.75 Å². The van der Waals surface area contributed by atoms with Gasteiger partial charge in [0.05, 0.1) is 17.9 Å². The van der Waals surface area contributed by atoms with Gasteiger partial charge in [0.2, 0.25) is 0 Å². The Balaban J connectivity index is 1.19. The van der Waals surface area contributed by atoms with E-state index in [0.717, 1.165) is 56.3 Å². The molecule has 5 rings (SSSR count). The quantitative estimate of drug-likeness (QED) is 0.369. The van der Waals surface area contributed by atoms with Gasteiger partial charge in [-0.15, -0.1) is 11.8 Å². The first-order chi connectivity index (χ1) is 18.2. The third kappa shape index (κ3) is 6.45. The summed E-state index contributed by atoms with van der Waals surface area (Å²) in [5, 5.41) is 0.114. The average Bonchev–Trinajstić information content (AvgIpc) is 3.10. The number of piperazine rings is 1. The van der Waals surface area contributed by atoms with Crippen molar-refractivity contribution in [2.75, 3.05) is 52.1 Å². The summed E-state index contributed by atoms with van der Waals surface area (Å²) < 4.78 is 11.1. The highest BCUT2D eigenvalue weighted by atomic mass is 32.2. The molecule has 3 aromatic rings. The van der Waals surface area contributed by atoms with Crippen LogP contribution < -0.4 is 4.74 Å². The fourth-order valence-electron chi connectivity index (χ4n) is 4.95. The highest BCUT2D eigenvalue weighted by Crippen LogP contribution is 2.44. The van der Waals surface area contributed by atoms with E-state index >= 15 is 0 Å². The van der Waals surface area contributed by atoms with Crippen molar-refractivity contribution in [3.05, 3.63) is 107 Å². The SMILES string of the molecule is COC(=O)c1ccc2c(c1)C(SCCN1CCN(C/C=C/c3ccccc3)CC1)c1ccccc1CO2. The second-order valence-corrected chi connectivity index (χ2v) is 10.7. The summed E-state index contributed by atoms with van der Waals surface area (Å²) in [5.74, 6) is 1.54. The Kier molecular flexibility index (Phi) is 8.61. The highest BCUT2D eigenvalue weighted by molar-refractivity contribution is 7.99. The average molecular weight is 515 g/mol. The molecule has 0 aromatic heterocycles. The van der Waals surface area contributed by atoms with E-state index in [1.807, 2.05) is 23.9 Å². The minimum Gasteiger partial charge on any atom is -0.489 e. The predicted octanol–water partition coefficient (Wildman–Crippen LogP) is 5.52. The van der Waals surface area contributed by atoms with Crippen LogP contribution in [0.5, 0.6) is 5.75 Å². The Morgan fingerprint density at radius 3 is 2.54 bits per heavy atom. The molecule has 192 valence electrons. The monoisotopic (exact) mass is 514 g/mol. The first kappa shape index (κ1) is 25.6. The standard InChI is InChI=1S/C31H34N2O3S/c1-35-31(34)25-13-14-29-28(22-25)30(27-12-6-5-11-26(27)23-36-29)37-21-20-33-18-16-32(17-19-33)15-7-10-24-8-3-2-4-9-24/h2-14,22,30H,15-21,23H2,1H3/b10-7+. The van der Waals surface area contributed by atoms with Crippen LogP contribution in [0.4, 0.5) is 0 Å². The van der Waals surface area contributed by atoms with Gasteiger partial charge in [-0.3, -0.25) is 9.80 Å². The zero-order valence-electron chi connectivity index (χ0n) is 21.3. The van der Waals surface area contributed by atoms with E-state index in [0.29, 0.717) is 12.2 Å². The maximum absolute atomic E-state index is 12.2. The van der Waals surface area contributed by atoms with Crippen LogP contribution >= 0.6 is 11.8 Å². The number of methoxy groups -OCH3 is 1. The summed E-state index contributed by atoms with van der Waals surface area (Å²) >= 11 is 1.93. The molecule has 0 aliphatic carbocycles. The lowest BCUT2D eigenvalue weighted by Gasteiger charge is -2.34. The number of hydrogen-bond donors (Lipinski definition) is 0. The van der Waals surface area contributed by atoms with Gasteiger partial charge in [0, 0.05) is 50.6 Å². The number of benzene rings is 3. The number of rotatable bonds is 8. The summed E-state index contributed by atoms with van der Waals surface area (Å²) in [4.78, 5) is 17.3. The van der Waals surface area contributed by atoms with Gasteiger partial charge in [-0.2, -0.15) is 0 Å². The first-order valence-electron chi connectivity index (χ1n) is 12.9. The molecule has 0 bridgehead atoms. The molecule has 2 aliphatic heterocycles. The van der Waals surface area contributed by atoms with Crippen LogP contribution in [0.2, 0.25) is 0 Å².